The van der Waals surface area contributed by atoms with E-state index >= 15 is 0 Å². The molecule has 1 aromatic rings. The van der Waals surface area contributed by atoms with Gasteiger partial charge in [0.05, 0.1) is 12.2 Å². The van der Waals surface area contributed by atoms with Crippen LogP contribution in [-0.4, -0.2) is 73.9 Å². The Balaban J connectivity index is 1.59. The molecule has 0 atom stereocenters. The van der Waals surface area contributed by atoms with Crippen LogP contribution in [0.4, 0.5) is 24.9 Å². The van der Waals surface area contributed by atoms with Gasteiger partial charge in [-0.15, -0.1) is 0 Å². The Morgan fingerprint density at radius 1 is 0.963 bits per heavy atom. The van der Waals surface area contributed by atoms with Crippen molar-refractivity contribution in [2.24, 2.45) is 0 Å². The second kappa shape index (κ2) is 8.17. The van der Waals surface area contributed by atoms with Crippen molar-refractivity contribution < 1.29 is 21.6 Å². The highest BCUT2D eigenvalue weighted by atomic mass is 32.2. The number of hydrogen-bond acceptors (Lipinski definition) is 6. The molecular formula is C16H24F3N5O2S. The van der Waals surface area contributed by atoms with E-state index in [0.717, 1.165) is 36.1 Å². The molecule has 2 aliphatic rings. The number of halogens is 3. The summed E-state index contributed by atoms with van der Waals surface area (Å²) in [6.45, 7) is 2.94. The SMILES string of the molecule is O=S(=O)(CCC(F)(F)F)N1CCN(c2ccnc(N3CCCCC3)n2)CC1. The summed E-state index contributed by atoms with van der Waals surface area (Å²) in [5, 5.41) is 0. The molecule has 0 amide bonds. The Morgan fingerprint density at radius 2 is 1.63 bits per heavy atom. The summed E-state index contributed by atoms with van der Waals surface area (Å²) in [6, 6.07) is 1.78. The molecule has 152 valence electrons. The van der Waals surface area contributed by atoms with Gasteiger partial charge in [0.15, 0.2) is 0 Å². The van der Waals surface area contributed by atoms with Crippen molar-refractivity contribution in [1.29, 1.82) is 0 Å². The van der Waals surface area contributed by atoms with Crippen LogP contribution in [-0.2, 0) is 10.0 Å². The molecule has 0 spiro atoms. The van der Waals surface area contributed by atoms with E-state index < -0.39 is 28.4 Å². The lowest BCUT2D eigenvalue weighted by molar-refractivity contribution is -0.130. The zero-order chi connectivity index (χ0) is 19.5. The molecule has 0 saturated carbocycles. The van der Waals surface area contributed by atoms with Crippen molar-refractivity contribution in [3.63, 3.8) is 0 Å². The number of anilines is 2. The van der Waals surface area contributed by atoms with Crippen LogP contribution in [0, 0.1) is 0 Å². The van der Waals surface area contributed by atoms with E-state index in [0.29, 0.717) is 19.0 Å². The predicted molar refractivity (Wildman–Crippen MR) is 96.3 cm³/mol. The zero-order valence-electron chi connectivity index (χ0n) is 15.0. The fourth-order valence-corrected chi connectivity index (χ4v) is 4.80. The monoisotopic (exact) mass is 407 g/mol. The maximum Gasteiger partial charge on any atom is 0.390 e. The van der Waals surface area contributed by atoms with Gasteiger partial charge in [0, 0.05) is 45.5 Å². The molecule has 1 aromatic heterocycles. The minimum absolute atomic E-state index is 0.156. The average molecular weight is 407 g/mol. The van der Waals surface area contributed by atoms with Gasteiger partial charge >= 0.3 is 6.18 Å². The normalized spacial score (nSPS) is 20.1. The molecule has 27 heavy (non-hydrogen) atoms. The van der Waals surface area contributed by atoms with Crippen molar-refractivity contribution in [3.8, 4) is 0 Å². The third kappa shape index (κ3) is 5.44. The second-order valence-electron chi connectivity index (χ2n) is 6.83. The molecule has 0 N–H and O–H groups in total. The molecule has 3 heterocycles. The van der Waals surface area contributed by atoms with Crippen molar-refractivity contribution in [2.45, 2.75) is 31.9 Å². The van der Waals surface area contributed by atoms with E-state index in [1.54, 1.807) is 12.3 Å². The van der Waals surface area contributed by atoms with E-state index in [-0.39, 0.29) is 13.1 Å². The number of piperidine rings is 1. The molecule has 2 aliphatic heterocycles. The first-order chi connectivity index (χ1) is 12.7. The fourth-order valence-electron chi connectivity index (χ4n) is 3.33. The molecule has 0 unspecified atom stereocenters. The molecule has 0 aromatic carbocycles. The van der Waals surface area contributed by atoms with E-state index in [1.165, 1.54) is 6.42 Å². The van der Waals surface area contributed by atoms with Gasteiger partial charge in [0.1, 0.15) is 5.82 Å². The standard InChI is InChI=1S/C16H24F3N5O2S/c17-16(18,19)5-13-27(25,26)24-11-9-22(10-12-24)14-4-6-20-15(21-14)23-7-2-1-3-8-23/h4,6H,1-3,5,7-13H2. The van der Waals surface area contributed by atoms with Crippen LogP contribution in [0.15, 0.2) is 12.3 Å². The van der Waals surface area contributed by atoms with Gasteiger partial charge in [-0.1, -0.05) is 0 Å². The number of rotatable bonds is 5. The summed E-state index contributed by atoms with van der Waals surface area (Å²) in [5.74, 6) is 0.494. The highest BCUT2D eigenvalue weighted by Gasteiger charge is 2.34. The Kier molecular flexibility index (Phi) is 6.09. The predicted octanol–water partition coefficient (Wildman–Crippen LogP) is 1.87. The van der Waals surface area contributed by atoms with Crippen LogP contribution >= 0.6 is 0 Å². The van der Waals surface area contributed by atoms with Gasteiger partial charge in [-0.2, -0.15) is 22.5 Å². The molecule has 3 rings (SSSR count). The topological polar surface area (TPSA) is 69.6 Å². The zero-order valence-corrected chi connectivity index (χ0v) is 15.8. The minimum Gasteiger partial charge on any atom is -0.354 e. The second-order valence-corrected chi connectivity index (χ2v) is 8.92. The average Bonchev–Trinajstić information content (AvgIpc) is 2.67. The molecule has 0 bridgehead atoms. The Labute approximate surface area is 157 Å². The summed E-state index contributed by atoms with van der Waals surface area (Å²) in [4.78, 5) is 13.0. The van der Waals surface area contributed by atoms with Gasteiger partial charge in [0.2, 0.25) is 16.0 Å². The van der Waals surface area contributed by atoms with Crippen LogP contribution in [0.3, 0.4) is 0 Å². The largest absolute Gasteiger partial charge is 0.390 e. The number of hydrogen-bond donors (Lipinski definition) is 0. The summed E-state index contributed by atoms with van der Waals surface area (Å²) in [7, 11) is -3.90. The van der Waals surface area contributed by atoms with Crippen LogP contribution in [0.25, 0.3) is 0 Å². The van der Waals surface area contributed by atoms with E-state index in [4.69, 9.17) is 0 Å². The first-order valence-corrected chi connectivity index (χ1v) is 10.7. The highest BCUT2D eigenvalue weighted by molar-refractivity contribution is 7.89. The lowest BCUT2D eigenvalue weighted by atomic mass is 10.1. The first kappa shape index (κ1) is 20.1. The number of piperazine rings is 1. The van der Waals surface area contributed by atoms with Crippen molar-refractivity contribution in [2.75, 3.05) is 54.8 Å². The number of alkyl halides is 3. The van der Waals surface area contributed by atoms with Crippen molar-refractivity contribution in [1.82, 2.24) is 14.3 Å². The van der Waals surface area contributed by atoms with Crippen LogP contribution in [0.2, 0.25) is 0 Å². The van der Waals surface area contributed by atoms with Gasteiger partial charge in [-0.25, -0.2) is 13.4 Å². The molecule has 11 heteroatoms. The summed E-state index contributed by atoms with van der Waals surface area (Å²) in [6.07, 6.45) is -0.662. The highest BCUT2D eigenvalue weighted by Crippen LogP contribution is 2.23. The van der Waals surface area contributed by atoms with Crippen LogP contribution in [0.5, 0.6) is 0 Å². The summed E-state index contributed by atoms with van der Waals surface area (Å²) < 4.78 is 62.3. The van der Waals surface area contributed by atoms with Gasteiger partial charge in [0.25, 0.3) is 0 Å². The van der Waals surface area contributed by atoms with Gasteiger partial charge < -0.3 is 9.80 Å². The number of sulfonamides is 1. The van der Waals surface area contributed by atoms with Crippen LogP contribution < -0.4 is 9.80 Å². The Bertz CT molecular complexity index is 730. The lowest BCUT2D eigenvalue weighted by Crippen LogP contribution is -2.49. The van der Waals surface area contributed by atoms with E-state index in [9.17, 15) is 21.6 Å². The number of nitrogens with zero attached hydrogens (tertiary/aromatic N) is 5. The Hall–Kier alpha value is -1.62. The summed E-state index contributed by atoms with van der Waals surface area (Å²) >= 11 is 0. The van der Waals surface area contributed by atoms with Crippen molar-refractivity contribution >= 4 is 21.8 Å². The lowest BCUT2D eigenvalue weighted by Gasteiger charge is -2.35. The third-order valence-corrected chi connectivity index (χ3v) is 6.74. The van der Waals surface area contributed by atoms with Gasteiger partial charge in [-0.05, 0) is 25.3 Å². The molecular weight excluding hydrogens is 383 g/mol. The molecule has 0 aliphatic carbocycles. The maximum absolute atomic E-state index is 12.3. The molecule has 0 radical (unpaired) electrons. The third-order valence-electron chi connectivity index (χ3n) is 4.87. The summed E-state index contributed by atoms with van der Waals surface area (Å²) in [5.41, 5.74) is 0. The Morgan fingerprint density at radius 3 is 2.26 bits per heavy atom. The molecule has 2 fully saturated rings. The quantitative estimate of drug-likeness (QED) is 0.742. The molecule has 2 saturated heterocycles. The molecule has 7 nitrogen and oxygen atoms in total. The smallest absolute Gasteiger partial charge is 0.354 e. The maximum atomic E-state index is 12.3. The van der Waals surface area contributed by atoms with Crippen LogP contribution in [0.1, 0.15) is 25.7 Å². The minimum atomic E-state index is -4.47. The van der Waals surface area contributed by atoms with E-state index in [1.807, 2.05) is 4.90 Å². The number of aromatic nitrogens is 2. The van der Waals surface area contributed by atoms with Crippen molar-refractivity contribution in [3.05, 3.63) is 12.3 Å². The fraction of sp³-hybridized carbons (Fsp3) is 0.750. The van der Waals surface area contributed by atoms with Gasteiger partial charge in [-0.3, -0.25) is 0 Å². The first-order valence-electron chi connectivity index (χ1n) is 9.12. The van der Waals surface area contributed by atoms with E-state index in [2.05, 4.69) is 14.9 Å².